The molecule has 0 saturated carbocycles. The second-order valence-electron chi connectivity index (χ2n) is 2.43. The van der Waals surface area contributed by atoms with E-state index in [1.807, 2.05) is 12.3 Å². The molecule has 1 N–H and O–H groups in total. The number of alkyl carbamates (subject to hydrolysis) is 1. The monoisotopic (exact) mass is 200 g/mol. The highest BCUT2D eigenvalue weighted by molar-refractivity contribution is 7.09. The Morgan fingerprint density at radius 1 is 1.77 bits per heavy atom. The molecule has 1 rings (SSSR count). The van der Waals surface area contributed by atoms with Crippen LogP contribution in [0.3, 0.4) is 0 Å². The molecule has 0 aromatic carbocycles. The molecule has 0 atom stereocenters. The summed E-state index contributed by atoms with van der Waals surface area (Å²) in [5, 5.41) is 5.52. The number of hydrogen-bond acceptors (Lipinski definition) is 4. The molecule has 1 heterocycles. The van der Waals surface area contributed by atoms with Gasteiger partial charge in [-0.05, 0) is 13.8 Å². The lowest BCUT2D eigenvalue weighted by Gasteiger charge is -2.02. The first-order valence-corrected chi connectivity index (χ1v) is 4.92. The average molecular weight is 200 g/mol. The van der Waals surface area contributed by atoms with Gasteiger partial charge in [0.25, 0.3) is 0 Å². The van der Waals surface area contributed by atoms with Gasteiger partial charge in [0, 0.05) is 5.38 Å². The Morgan fingerprint density at radius 2 is 2.54 bits per heavy atom. The topological polar surface area (TPSA) is 51.2 Å². The minimum Gasteiger partial charge on any atom is -0.450 e. The van der Waals surface area contributed by atoms with Crippen molar-refractivity contribution in [2.75, 3.05) is 6.61 Å². The van der Waals surface area contributed by atoms with Gasteiger partial charge in [0.15, 0.2) is 0 Å². The van der Waals surface area contributed by atoms with Crippen molar-refractivity contribution >= 4 is 17.4 Å². The third-order valence-electron chi connectivity index (χ3n) is 1.36. The highest BCUT2D eigenvalue weighted by Crippen LogP contribution is 2.07. The SMILES string of the molecule is CCOC(=O)NCc1csc(C)n1. The predicted molar refractivity (Wildman–Crippen MR) is 50.7 cm³/mol. The fraction of sp³-hybridized carbons (Fsp3) is 0.500. The number of hydrogen-bond donors (Lipinski definition) is 1. The number of ether oxygens (including phenoxy) is 1. The van der Waals surface area contributed by atoms with E-state index in [0.717, 1.165) is 10.7 Å². The van der Waals surface area contributed by atoms with Crippen LogP contribution in [0.15, 0.2) is 5.38 Å². The van der Waals surface area contributed by atoms with Crippen molar-refractivity contribution in [3.8, 4) is 0 Å². The minimum absolute atomic E-state index is 0.391. The van der Waals surface area contributed by atoms with E-state index in [0.29, 0.717) is 13.2 Å². The molecule has 0 bridgehead atoms. The fourth-order valence-electron chi connectivity index (χ4n) is 0.834. The van der Waals surface area contributed by atoms with Crippen LogP contribution in [0.1, 0.15) is 17.6 Å². The molecule has 1 aromatic heterocycles. The Hall–Kier alpha value is -1.10. The maximum absolute atomic E-state index is 10.9. The largest absolute Gasteiger partial charge is 0.450 e. The molecular formula is C8H12N2O2S. The summed E-state index contributed by atoms with van der Waals surface area (Å²) >= 11 is 1.57. The van der Waals surface area contributed by atoms with Crippen molar-refractivity contribution in [3.05, 3.63) is 16.1 Å². The minimum atomic E-state index is -0.395. The third-order valence-corrected chi connectivity index (χ3v) is 2.18. The average Bonchev–Trinajstić information content (AvgIpc) is 2.49. The number of carbonyl (C=O) groups excluding carboxylic acids is 1. The molecular weight excluding hydrogens is 188 g/mol. The summed E-state index contributed by atoms with van der Waals surface area (Å²) in [5.74, 6) is 0. The van der Waals surface area contributed by atoms with Gasteiger partial charge < -0.3 is 10.1 Å². The molecule has 0 unspecified atom stereocenters. The van der Waals surface area contributed by atoms with E-state index in [4.69, 9.17) is 4.74 Å². The summed E-state index contributed by atoms with van der Waals surface area (Å²) in [4.78, 5) is 15.1. The third kappa shape index (κ3) is 3.42. The molecule has 1 amide bonds. The first-order chi connectivity index (χ1) is 6.22. The van der Waals surface area contributed by atoms with Crippen molar-refractivity contribution in [2.24, 2.45) is 0 Å². The summed E-state index contributed by atoms with van der Waals surface area (Å²) in [6, 6.07) is 0. The highest BCUT2D eigenvalue weighted by atomic mass is 32.1. The van der Waals surface area contributed by atoms with Crippen molar-refractivity contribution < 1.29 is 9.53 Å². The molecule has 13 heavy (non-hydrogen) atoms. The van der Waals surface area contributed by atoms with Gasteiger partial charge >= 0.3 is 6.09 Å². The Kier molecular flexibility index (Phi) is 3.70. The molecule has 0 saturated heterocycles. The maximum Gasteiger partial charge on any atom is 0.407 e. The number of thiazole rings is 1. The van der Waals surface area contributed by atoms with Crippen LogP contribution < -0.4 is 5.32 Å². The fourth-order valence-corrected chi connectivity index (χ4v) is 1.45. The van der Waals surface area contributed by atoms with Gasteiger partial charge in [-0.25, -0.2) is 9.78 Å². The molecule has 0 aliphatic heterocycles. The van der Waals surface area contributed by atoms with Gasteiger partial charge in [-0.3, -0.25) is 0 Å². The smallest absolute Gasteiger partial charge is 0.407 e. The first-order valence-electron chi connectivity index (χ1n) is 4.04. The zero-order chi connectivity index (χ0) is 9.68. The van der Waals surface area contributed by atoms with Gasteiger partial charge in [0.05, 0.1) is 23.9 Å². The quantitative estimate of drug-likeness (QED) is 0.808. The molecule has 5 heteroatoms. The van der Waals surface area contributed by atoms with E-state index in [-0.39, 0.29) is 0 Å². The lowest BCUT2D eigenvalue weighted by atomic mass is 10.5. The summed E-state index contributed by atoms with van der Waals surface area (Å²) in [5.41, 5.74) is 0.871. The van der Waals surface area contributed by atoms with Crippen LogP contribution in [0.2, 0.25) is 0 Å². The van der Waals surface area contributed by atoms with Crippen molar-refractivity contribution in [1.29, 1.82) is 0 Å². The number of nitrogens with zero attached hydrogens (tertiary/aromatic N) is 1. The summed E-state index contributed by atoms with van der Waals surface area (Å²) in [6.07, 6.45) is -0.395. The van der Waals surface area contributed by atoms with E-state index in [9.17, 15) is 4.79 Å². The summed E-state index contributed by atoms with van der Waals surface area (Å²) < 4.78 is 4.70. The van der Waals surface area contributed by atoms with Crippen molar-refractivity contribution in [1.82, 2.24) is 10.3 Å². The molecule has 4 nitrogen and oxygen atoms in total. The second kappa shape index (κ2) is 4.81. The van der Waals surface area contributed by atoms with Gasteiger partial charge in [-0.15, -0.1) is 11.3 Å². The number of rotatable bonds is 3. The lowest BCUT2D eigenvalue weighted by molar-refractivity contribution is 0.151. The number of aryl methyl sites for hydroxylation is 1. The van der Waals surface area contributed by atoms with Crippen LogP contribution in [0.5, 0.6) is 0 Å². The van der Waals surface area contributed by atoms with E-state index in [1.165, 1.54) is 0 Å². The first kappa shape index (κ1) is 9.98. The number of aromatic nitrogens is 1. The number of nitrogens with one attached hydrogen (secondary N) is 1. The molecule has 0 radical (unpaired) electrons. The van der Waals surface area contributed by atoms with Crippen molar-refractivity contribution in [3.63, 3.8) is 0 Å². The maximum atomic E-state index is 10.9. The van der Waals surface area contributed by atoms with Crippen LogP contribution in [0.25, 0.3) is 0 Å². The predicted octanol–water partition coefficient (Wildman–Crippen LogP) is 1.70. The van der Waals surface area contributed by atoms with Crippen LogP contribution in [0.4, 0.5) is 4.79 Å². The zero-order valence-corrected chi connectivity index (χ0v) is 8.48. The number of carbonyl (C=O) groups is 1. The molecule has 0 spiro atoms. The van der Waals surface area contributed by atoms with E-state index in [2.05, 4.69) is 10.3 Å². The Labute approximate surface area is 80.9 Å². The summed E-state index contributed by atoms with van der Waals surface area (Å²) in [7, 11) is 0. The molecule has 0 fully saturated rings. The van der Waals surface area contributed by atoms with Gasteiger partial charge in [0.2, 0.25) is 0 Å². The Morgan fingerprint density at radius 3 is 3.08 bits per heavy atom. The van der Waals surface area contributed by atoms with Crippen LogP contribution in [0, 0.1) is 6.92 Å². The van der Waals surface area contributed by atoms with E-state index >= 15 is 0 Å². The normalized spacial score (nSPS) is 9.69. The standard InChI is InChI=1S/C8H12N2O2S/c1-3-12-8(11)9-4-7-5-13-6(2)10-7/h5H,3-4H2,1-2H3,(H,9,11). The van der Waals surface area contributed by atoms with Gasteiger partial charge in [-0.1, -0.05) is 0 Å². The van der Waals surface area contributed by atoms with Crippen LogP contribution in [-0.4, -0.2) is 17.7 Å². The van der Waals surface area contributed by atoms with E-state index < -0.39 is 6.09 Å². The van der Waals surface area contributed by atoms with E-state index in [1.54, 1.807) is 18.3 Å². The van der Waals surface area contributed by atoms with Gasteiger partial charge in [0.1, 0.15) is 0 Å². The molecule has 0 aliphatic rings. The van der Waals surface area contributed by atoms with Crippen molar-refractivity contribution in [2.45, 2.75) is 20.4 Å². The second-order valence-corrected chi connectivity index (χ2v) is 3.49. The Bertz CT molecular complexity index is 285. The van der Waals surface area contributed by atoms with Crippen LogP contribution >= 0.6 is 11.3 Å². The van der Waals surface area contributed by atoms with Crippen LogP contribution in [-0.2, 0) is 11.3 Å². The molecule has 72 valence electrons. The zero-order valence-electron chi connectivity index (χ0n) is 7.66. The molecule has 0 aliphatic carbocycles. The summed E-state index contributed by atoms with van der Waals surface area (Å²) in [6.45, 7) is 4.52. The molecule has 1 aromatic rings. The Balaban J connectivity index is 2.30. The van der Waals surface area contributed by atoms with Gasteiger partial charge in [-0.2, -0.15) is 0 Å². The number of amides is 1. The lowest BCUT2D eigenvalue weighted by Crippen LogP contribution is -2.23. The highest BCUT2D eigenvalue weighted by Gasteiger charge is 2.02.